The third-order valence-corrected chi connectivity index (χ3v) is 13.5. The number of thiophene rings is 1. The van der Waals surface area contributed by atoms with Crippen molar-refractivity contribution in [3.05, 3.63) is 95.2 Å². The van der Waals surface area contributed by atoms with Crippen LogP contribution in [0.15, 0.2) is 85.5 Å². The number of nitrogens with one attached hydrogen (secondary N) is 2. The van der Waals surface area contributed by atoms with E-state index in [1.54, 1.807) is 23.7 Å². The summed E-state index contributed by atoms with van der Waals surface area (Å²) in [6.07, 6.45) is 12.6. The predicted octanol–water partition coefficient (Wildman–Crippen LogP) is 6.53. The molecule has 4 saturated heterocycles. The number of ether oxygens (including phenoxy) is 1. The molecule has 4 aliphatic rings. The average Bonchev–Trinajstić information content (AvgIpc) is 4.16. The van der Waals surface area contributed by atoms with Gasteiger partial charge in [0.15, 0.2) is 11.6 Å². The van der Waals surface area contributed by atoms with Crippen LogP contribution in [0.1, 0.15) is 79.8 Å². The zero-order valence-corrected chi connectivity index (χ0v) is 37.4. The minimum Gasteiger partial charge on any atom is -0.381 e. The van der Waals surface area contributed by atoms with Gasteiger partial charge in [-0.25, -0.2) is 0 Å². The molecule has 0 radical (unpaired) electrons. The predicted molar refractivity (Wildman–Crippen MR) is 245 cm³/mol. The lowest BCUT2D eigenvalue weighted by atomic mass is 9.92. The number of nitrogens with zero attached hydrogens (tertiary/aromatic N) is 9. The van der Waals surface area contributed by atoms with Crippen LogP contribution < -0.4 is 20.4 Å². The molecule has 4 aromatic heterocycles. The van der Waals surface area contributed by atoms with Crippen molar-refractivity contribution in [1.29, 1.82) is 0 Å². The van der Waals surface area contributed by atoms with Crippen molar-refractivity contribution in [2.75, 3.05) is 67.6 Å². The number of amides is 3. The molecule has 8 heterocycles. The van der Waals surface area contributed by atoms with Gasteiger partial charge < -0.3 is 30.1 Å². The summed E-state index contributed by atoms with van der Waals surface area (Å²) in [6, 6.07) is 19.7. The first kappa shape index (κ1) is 43.9. The number of aromatic nitrogens is 6. The fraction of sp³-hybridized carbons (Fsp3) is 0.489. The van der Waals surface area contributed by atoms with Gasteiger partial charge in [0, 0.05) is 106 Å². The van der Waals surface area contributed by atoms with E-state index < -0.39 is 0 Å². The molecule has 3 amide bonds. The quantitative estimate of drug-likeness (QED) is 0.157. The highest BCUT2D eigenvalue weighted by atomic mass is 32.1. The standard InChI is InChI=1S/C24H31N5O3S.C23H28N6O/c30-23(26-19-7-13-29(16-19)22-2-1-10-25-27-22)21-4-3-20(33-21)17-5-11-28(12-6-17)24(31)18-8-14-32-15-9-18;1-23(2,3)16-29-15-19(13-25-29)17-6-8-20(9-7-17)26-22(30)18-10-12-28(14-18)21-5-4-11-24-27-21/h1-4,10,17-19H,5-9,11-16H2,(H,26,30);4-9,11,13,15,18H,10,12,14,16H2,1-3H3,(H,26,30)/t19-;/m0./s1. The molecule has 332 valence electrons. The molecule has 0 saturated carbocycles. The number of rotatable bonds is 10. The summed E-state index contributed by atoms with van der Waals surface area (Å²) >= 11 is 1.60. The third-order valence-electron chi connectivity index (χ3n) is 12.2. The topological polar surface area (TPSA) is 164 Å². The van der Waals surface area contributed by atoms with Gasteiger partial charge >= 0.3 is 0 Å². The van der Waals surface area contributed by atoms with E-state index in [9.17, 15) is 14.4 Å². The van der Waals surface area contributed by atoms with Crippen molar-refractivity contribution < 1.29 is 19.1 Å². The Balaban J connectivity index is 0.000000174. The summed E-state index contributed by atoms with van der Waals surface area (Å²) in [5.74, 6) is 2.54. The zero-order chi connectivity index (χ0) is 43.8. The van der Waals surface area contributed by atoms with Crippen molar-refractivity contribution in [1.82, 2.24) is 40.4 Å². The Labute approximate surface area is 373 Å². The Morgan fingerprint density at radius 2 is 1.44 bits per heavy atom. The molecule has 0 aliphatic carbocycles. The average molecular weight is 874 g/mol. The molecule has 2 N–H and O–H groups in total. The monoisotopic (exact) mass is 873 g/mol. The smallest absolute Gasteiger partial charge is 0.261 e. The summed E-state index contributed by atoms with van der Waals surface area (Å²) < 4.78 is 7.37. The number of hydrogen-bond acceptors (Lipinski definition) is 12. The third kappa shape index (κ3) is 11.6. The van der Waals surface area contributed by atoms with Gasteiger partial charge in [0.1, 0.15) is 0 Å². The summed E-state index contributed by atoms with van der Waals surface area (Å²) in [4.78, 5) is 46.6. The summed E-state index contributed by atoms with van der Waals surface area (Å²) in [5, 5.41) is 26.9. The molecule has 1 unspecified atom stereocenters. The van der Waals surface area contributed by atoms with Crippen LogP contribution in [0.3, 0.4) is 0 Å². The first-order valence-corrected chi connectivity index (χ1v) is 23.1. The summed E-state index contributed by atoms with van der Waals surface area (Å²) in [5.41, 5.74) is 3.15. The largest absolute Gasteiger partial charge is 0.381 e. The van der Waals surface area contributed by atoms with Crippen LogP contribution in [0, 0.1) is 17.3 Å². The molecular formula is C47H59N11O4S. The molecule has 0 spiro atoms. The number of likely N-dealkylation sites (tertiary alicyclic amines) is 1. The van der Waals surface area contributed by atoms with Gasteiger partial charge in [-0.3, -0.25) is 19.1 Å². The second-order valence-corrected chi connectivity index (χ2v) is 19.4. The van der Waals surface area contributed by atoms with Gasteiger partial charge in [0.2, 0.25) is 11.8 Å². The number of anilines is 3. The molecule has 4 aliphatic heterocycles. The Bertz CT molecular complexity index is 2270. The first-order chi connectivity index (χ1) is 30.5. The molecule has 1 aromatic carbocycles. The van der Waals surface area contributed by atoms with Crippen molar-refractivity contribution in [3.63, 3.8) is 0 Å². The SMILES string of the molecule is CC(C)(C)Cn1cc(-c2ccc(NC(=O)C3CCN(c4cccnn4)C3)cc2)cn1.O=C(N[C@H]1CCN(c2cccnn2)C1)c1ccc(C2CCN(C(=O)C3CCOCC3)CC2)s1. The van der Waals surface area contributed by atoms with Gasteiger partial charge in [-0.2, -0.15) is 15.3 Å². The number of carbonyl (C=O) groups excluding carboxylic acids is 3. The van der Waals surface area contributed by atoms with Crippen molar-refractivity contribution in [2.45, 2.75) is 77.8 Å². The van der Waals surface area contributed by atoms with E-state index >= 15 is 0 Å². The molecule has 0 bridgehead atoms. The second-order valence-electron chi connectivity index (χ2n) is 18.2. The summed E-state index contributed by atoms with van der Waals surface area (Å²) in [7, 11) is 0. The van der Waals surface area contributed by atoms with Gasteiger partial charge in [0.25, 0.3) is 5.91 Å². The van der Waals surface area contributed by atoms with Crippen LogP contribution in [-0.2, 0) is 20.9 Å². The maximum absolute atomic E-state index is 12.8. The Hall–Kier alpha value is -5.74. The molecule has 4 fully saturated rings. The van der Waals surface area contributed by atoms with E-state index in [0.717, 1.165) is 111 Å². The fourth-order valence-corrected chi connectivity index (χ4v) is 9.89. The minimum absolute atomic E-state index is 0.00405. The highest BCUT2D eigenvalue weighted by Crippen LogP contribution is 2.34. The van der Waals surface area contributed by atoms with E-state index in [-0.39, 0.29) is 35.1 Å². The molecule has 2 atom stereocenters. The zero-order valence-electron chi connectivity index (χ0n) is 36.6. The highest BCUT2D eigenvalue weighted by Gasteiger charge is 2.32. The van der Waals surface area contributed by atoms with Gasteiger partial charge in [-0.15, -0.1) is 21.5 Å². The Morgan fingerprint density at radius 3 is 2.11 bits per heavy atom. The van der Waals surface area contributed by atoms with E-state index in [4.69, 9.17) is 4.74 Å². The van der Waals surface area contributed by atoms with E-state index in [1.807, 2.05) is 70.4 Å². The highest BCUT2D eigenvalue weighted by molar-refractivity contribution is 7.14. The number of carbonyl (C=O) groups is 3. The molecule has 9 rings (SSSR count). The lowest BCUT2D eigenvalue weighted by Crippen LogP contribution is -2.42. The van der Waals surface area contributed by atoms with Gasteiger partial charge in [-0.1, -0.05) is 32.9 Å². The number of benzene rings is 1. The number of piperidine rings is 1. The van der Waals surface area contributed by atoms with Crippen LogP contribution in [0.5, 0.6) is 0 Å². The van der Waals surface area contributed by atoms with Crippen molar-refractivity contribution >= 4 is 46.4 Å². The lowest BCUT2D eigenvalue weighted by Gasteiger charge is -2.35. The maximum Gasteiger partial charge on any atom is 0.261 e. The van der Waals surface area contributed by atoms with Gasteiger partial charge in [0.05, 0.1) is 17.0 Å². The number of hydrogen-bond donors (Lipinski definition) is 2. The van der Waals surface area contributed by atoms with Crippen LogP contribution in [0.25, 0.3) is 11.1 Å². The molecule has 16 heteroatoms. The lowest BCUT2D eigenvalue weighted by molar-refractivity contribution is -0.139. The maximum atomic E-state index is 12.8. The van der Waals surface area contributed by atoms with Crippen molar-refractivity contribution in [3.8, 4) is 11.1 Å². The molecule has 5 aromatic rings. The minimum atomic E-state index is -0.0534. The Morgan fingerprint density at radius 1 is 0.762 bits per heavy atom. The van der Waals surface area contributed by atoms with Crippen LogP contribution in [0.4, 0.5) is 17.3 Å². The molecular weight excluding hydrogens is 815 g/mol. The van der Waals surface area contributed by atoms with E-state index in [1.165, 1.54) is 4.88 Å². The normalized spacial score (nSPS) is 19.7. The fourth-order valence-electron chi connectivity index (χ4n) is 8.81. The molecule has 15 nitrogen and oxygen atoms in total. The van der Waals surface area contributed by atoms with Crippen LogP contribution in [-0.4, -0.2) is 111 Å². The van der Waals surface area contributed by atoms with Crippen molar-refractivity contribution in [2.24, 2.45) is 17.3 Å². The summed E-state index contributed by atoms with van der Waals surface area (Å²) in [6.45, 7) is 13.6. The van der Waals surface area contributed by atoms with Crippen LogP contribution >= 0.6 is 11.3 Å². The van der Waals surface area contributed by atoms with Gasteiger partial charge in [-0.05, 0) is 104 Å². The molecule has 63 heavy (non-hydrogen) atoms. The first-order valence-electron chi connectivity index (χ1n) is 22.3. The van der Waals surface area contributed by atoms with Crippen LogP contribution in [0.2, 0.25) is 0 Å². The second kappa shape index (κ2) is 20.2. The Kier molecular flexibility index (Phi) is 14.1. The van der Waals surface area contributed by atoms with E-state index in [2.05, 4.69) is 79.0 Å². The van der Waals surface area contributed by atoms with E-state index in [0.29, 0.717) is 31.6 Å².